The number of nitrogen functional groups attached to an aromatic ring is 1. The lowest BCUT2D eigenvalue weighted by Crippen LogP contribution is -2.39. The molecule has 0 amide bonds. The van der Waals surface area contributed by atoms with Gasteiger partial charge < -0.3 is 5.73 Å². The van der Waals surface area contributed by atoms with Crippen molar-refractivity contribution in [2.75, 3.05) is 18.8 Å². The number of hydrogen-bond acceptors (Lipinski definition) is 4. The Morgan fingerprint density at radius 3 is 2.48 bits per heavy atom. The van der Waals surface area contributed by atoms with Crippen LogP contribution in [0.15, 0.2) is 23.1 Å². The fourth-order valence-corrected chi connectivity index (χ4v) is 4.37. The second-order valence-corrected chi connectivity index (χ2v) is 7.76. The van der Waals surface area contributed by atoms with E-state index in [0.717, 1.165) is 12.8 Å². The maximum atomic E-state index is 12.7. The zero-order valence-electron chi connectivity index (χ0n) is 12.4. The zero-order chi connectivity index (χ0) is 15.6. The molecule has 1 heterocycles. The fraction of sp³-hybridized carbons (Fsp3) is 0.533. The Balaban J connectivity index is 2.26. The Kier molecular flexibility index (Phi) is 4.55. The molecule has 1 aliphatic rings. The monoisotopic (exact) mass is 307 g/mol. The van der Waals surface area contributed by atoms with Crippen molar-refractivity contribution in [3.05, 3.63) is 23.8 Å². The number of nitrogens with zero attached hydrogens (tertiary/aromatic N) is 2. The minimum Gasteiger partial charge on any atom is -0.399 e. The summed E-state index contributed by atoms with van der Waals surface area (Å²) in [5.41, 5.74) is 6.12. The summed E-state index contributed by atoms with van der Waals surface area (Å²) in [5.74, 6) is 1.14. The Hall–Kier alpha value is -1.58. The average molecular weight is 307 g/mol. The van der Waals surface area contributed by atoms with E-state index in [1.807, 2.05) is 6.07 Å². The number of rotatable bonds is 3. The number of sulfonamides is 1. The molecule has 114 valence electrons. The van der Waals surface area contributed by atoms with Crippen molar-refractivity contribution >= 4 is 15.7 Å². The summed E-state index contributed by atoms with van der Waals surface area (Å²) in [5, 5.41) is 9.13. The van der Waals surface area contributed by atoms with E-state index in [2.05, 4.69) is 13.8 Å². The molecule has 0 aliphatic carbocycles. The van der Waals surface area contributed by atoms with Gasteiger partial charge in [-0.25, -0.2) is 8.42 Å². The minimum absolute atomic E-state index is 0.0576. The first-order valence-corrected chi connectivity index (χ1v) is 8.60. The molecule has 0 bridgehead atoms. The van der Waals surface area contributed by atoms with Crippen molar-refractivity contribution in [1.29, 1.82) is 5.26 Å². The van der Waals surface area contributed by atoms with Gasteiger partial charge in [-0.2, -0.15) is 9.57 Å². The molecular formula is C15H21N3O2S. The topological polar surface area (TPSA) is 87.2 Å². The highest BCUT2D eigenvalue weighted by molar-refractivity contribution is 7.89. The fourth-order valence-electron chi connectivity index (χ4n) is 2.78. The quantitative estimate of drug-likeness (QED) is 0.867. The van der Waals surface area contributed by atoms with E-state index in [4.69, 9.17) is 11.0 Å². The van der Waals surface area contributed by atoms with Crippen LogP contribution >= 0.6 is 0 Å². The van der Waals surface area contributed by atoms with E-state index < -0.39 is 10.0 Å². The number of nitrogens with two attached hydrogens (primary N) is 1. The molecular weight excluding hydrogens is 286 g/mol. The first-order chi connectivity index (χ1) is 9.86. The lowest BCUT2D eigenvalue weighted by Gasteiger charge is -2.33. The average Bonchev–Trinajstić information content (AvgIpc) is 2.46. The van der Waals surface area contributed by atoms with E-state index in [-0.39, 0.29) is 10.5 Å². The smallest absolute Gasteiger partial charge is 0.244 e. The first-order valence-electron chi connectivity index (χ1n) is 7.16. The number of nitriles is 1. The summed E-state index contributed by atoms with van der Waals surface area (Å²) in [4.78, 5) is 0.0576. The van der Waals surface area contributed by atoms with Crippen LogP contribution in [-0.4, -0.2) is 25.8 Å². The van der Waals surface area contributed by atoms with Gasteiger partial charge in [0.05, 0.1) is 5.56 Å². The van der Waals surface area contributed by atoms with Gasteiger partial charge in [0.25, 0.3) is 0 Å². The molecule has 2 N–H and O–H groups in total. The standard InChI is InChI=1S/C15H21N3O2S/c1-11(2)12-5-7-18(8-6-12)21(19,20)15-4-3-14(17)9-13(15)10-16/h3-4,9,11-12H,5-8,17H2,1-2H3. The largest absolute Gasteiger partial charge is 0.399 e. The van der Waals surface area contributed by atoms with Crippen molar-refractivity contribution < 1.29 is 8.42 Å². The van der Waals surface area contributed by atoms with Crippen LogP contribution in [0.4, 0.5) is 5.69 Å². The highest BCUT2D eigenvalue weighted by atomic mass is 32.2. The van der Waals surface area contributed by atoms with Gasteiger partial charge in [-0.15, -0.1) is 0 Å². The van der Waals surface area contributed by atoms with Gasteiger partial charge in [0.2, 0.25) is 10.0 Å². The molecule has 0 unspecified atom stereocenters. The van der Waals surface area contributed by atoms with Crippen LogP contribution in [0.1, 0.15) is 32.3 Å². The molecule has 0 atom stereocenters. The molecule has 0 spiro atoms. The van der Waals surface area contributed by atoms with Crippen molar-refractivity contribution in [1.82, 2.24) is 4.31 Å². The maximum Gasteiger partial charge on any atom is 0.244 e. The lowest BCUT2D eigenvalue weighted by molar-refractivity contribution is 0.226. The summed E-state index contributed by atoms with van der Waals surface area (Å²) in [7, 11) is -3.62. The molecule has 1 aromatic carbocycles. The number of anilines is 1. The van der Waals surface area contributed by atoms with Crippen molar-refractivity contribution in [3.8, 4) is 6.07 Å². The third-order valence-corrected chi connectivity index (χ3v) is 6.14. The predicted octanol–water partition coefficient (Wildman–Crippen LogP) is 2.20. The molecule has 0 saturated carbocycles. The van der Waals surface area contributed by atoms with E-state index in [1.54, 1.807) is 0 Å². The lowest BCUT2D eigenvalue weighted by atomic mass is 9.87. The van der Waals surface area contributed by atoms with Gasteiger partial charge in [0.15, 0.2) is 0 Å². The van der Waals surface area contributed by atoms with Gasteiger partial charge in [0, 0.05) is 18.8 Å². The van der Waals surface area contributed by atoms with Gasteiger partial charge in [0.1, 0.15) is 11.0 Å². The van der Waals surface area contributed by atoms with Crippen molar-refractivity contribution in [3.63, 3.8) is 0 Å². The molecule has 2 rings (SSSR count). The van der Waals surface area contributed by atoms with Crippen LogP contribution in [0.3, 0.4) is 0 Å². The Morgan fingerprint density at radius 2 is 1.95 bits per heavy atom. The maximum absolute atomic E-state index is 12.7. The molecule has 1 aliphatic heterocycles. The zero-order valence-corrected chi connectivity index (χ0v) is 13.2. The summed E-state index contributed by atoms with van der Waals surface area (Å²) in [6, 6.07) is 6.28. The van der Waals surface area contributed by atoms with E-state index in [0.29, 0.717) is 30.6 Å². The van der Waals surface area contributed by atoms with Crippen LogP contribution in [0, 0.1) is 23.2 Å². The molecule has 0 radical (unpaired) electrons. The molecule has 0 aromatic heterocycles. The Morgan fingerprint density at radius 1 is 1.33 bits per heavy atom. The van der Waals surface area contributed by atoms with Crippen molar-refractivity contribution in [2.45, 2.75) is 31.6 Å². The van der Waals surface area contributed by atoms with Crippen LogP contribution in [-0.2, 0) is 10.0 Å². The summed E-state index contributed by atoms with van der Waals surface area (Å²) in [6.07, 6.45) is 1.74. The first kappa shape index (κ1) is 15.8. The van der Waals surface area contributed by atoms with Crippen LogP contribution in [0.25, 0.3) is 0 Å². The summed E-state index contributed by atoms with van der Waals surface area (Å²) in [6.45, 7) is 5.37. The van der Waals surface area contributed by atoms with E-state index >= 15 is 0 Å². The van der Waals surface area contributed by atoms with Gasteiger partial charge in [-0.1, -0.05) is 13.8 Å². The van der Waals surface area contributed by atoms with Crippen LogP contribution in [0.2, 0.25) is 0 Å². The molecule has 1 aromatic rings. The summed E-state index contributed by atoms with van der Waals surface area (Å²) >= 11 is 0. The van der Waals surface area contributed by atoms with Gasteiger partial charge >= 0.3 is 0 Å². The highest BCUT2D eigenvalue weighted by Crippen LogP contribution is 2.29. The van der Waals surface area contributed by atoms with Crippen LogP contribution in [0.5, 0.6) is 0 Å². The predicted molar refractivity (Wildman–Crippen MR) is 81.9 cm³/mol. The third kappa shape index (κ3) is 3.20. The third-order valence-electron chi connectivity index (χ3n) is 4.18. The normalized spacial score (nSPS) is 17.8. The number of hydrogen-bond donors (Lipinski definition) is 1. The molecule has 6 heteroatoms. The minimum atomic E-state index is -3.62. The van der Waals surface area contributed by atoms with Gasteiger partial charge in [-0.05, 0) is 42.9 Å². The highest BCUT2D eigenvalue weighted by Gasteiger charge is 2.31. The molecule has 21 heavy (non-hydrogen) atoms. The molecule has 1 fully saturated rings. The van der Waals surface area contributed by atoms with E-state index in [9.17, 15) is 8.42 Å². The molecule has 1 saturated heterocycles. The number of piperidine rings is 1. The SMILES string of the molecule is CC(C)C1CCN(S(=O)(=O)c2ccc(N)cc2C#N)CC1. The van der Waals surface area contributed by atoms with Gasteiger partial charge in [-0.3, -0.25) is 0 Å². The Labute approximate surface area is 126 Å². The Bertz CT molecular complexity index is 654. The van der Waals surface area contributed by atoms with E-state index in [1.165, 1.54) is 22.5 Å². The summed E-state index contributed by atoms with van der Waals surface area (Å²) < 4.78 is 26.9. The van der Waals surface area contributed by atoms with Crippen molar-refractivity contribution in [2.24, 2.45) is 11.8 Å². The second kappa shape index (κ2) is 6.04. The second-order valence-electron chi connectivity index (χ2n) is 5.85. The van der Waals surface area contributed by atoms with Crippen LogP contribution < -0.4 is 5.73 Å². The number of benzene rings is 1. The molecule has 5 nitrogen and oxygen atoms in total.